The van der Waals surface area contributed by atoms with Gasteiger partial charge in [0.25, 0.3) is 5.91 Å². The molecule has 1 amide bonds. The molecule has 0 fully saturated rings. The molecule has 124 valence electrons. The molecule has 0 unspecified atom stereocenters. The van der Waals surface area contributed by atoms with Gasteiger partial charge in [-0.15, -0.1) is 0 Å². The van der Waals surface area contributed by atoms with Crippen molar-refractivity contribution in [1.82, 2.24) is 5.32 Å². The monoisotopic (exact) mass is 334 g/mol. The third-order valence-electron chi connectivity index (χ3n) is 2.29. The number of rotatable bonds is 4. The number of halogens is 7. The molecular formula is C11H9F7N2O2. The molecule has 0 heterocycles. The van der Waals surface area contributed by atoms with E-state index in [1.165, 1.54) is 0 Å². The summed E-state index contributed by atoms with van der Waals surface area (Å²) in [4.78, 5) is 11.1. The summed E-state index contributed by atoms with van der Waals surface area (Å²) in [6.45, 7) is -1.20. The van der Waals surface area contributed by atoms with E-state index in [9.17, 15) is 35.5 Å². The van der Waals surface area contributed by atoms with E-state index in [-0.39, 0.29) is 11.4 Å². The summed E-state index contributed by atoms with van der Waals surface area (Å²) in [5.74, 6) is -2.89. The van der Waals surface area contributed by atoms with Gasteiger partial charge in [-0.25, -0.2) is 4.39 Å². The number of ether oxygens (including phenoxy) is 1. The SMILES string of the molecule is Nc1ccc(F)cc1OCC(=O)NC(C(F)(F)F)C(F)(F)F. The number of nitrogens with two attached hydrogens (primary N) is 1. The first-order valence-electron chi connectivity index (χ1n) is 5.52. The van der Waals surface area contributed by atoms with E-state index < -0.39 is 36.7 Å². The molecule has 1 aromatic rings. The van der Waals surface area contributed by atoms with Crippen LogP contribution in [0.15, 0.2) is 18.2 Å². The van der Waals surface area contributed by atoms with Crippen LogP contribution >= 0.6 is 0 Å². The normalized spacial score (nSPS) is 12.4. The van der Waals surface area contributed by atoms with Gasteiger partial charge in [-0.1, -0.05) is 0 Å². The smallest absolute Gasteiger partial charge is 0.417 e. The Kier molecular flexibility index (Phi) is 5.09. The van der Waals surface area contributed by atoms with Gasteiger partial charge in [-0.05, 0) is 12.1 Å². The van der Waals surface area contributed by atoms with Crippen molar-refractivity contribution in [2.45, 2.75) is 18.4 Å². The summed E-state index contributed by atoms with van der Waals surface area (Å²) >= 11 is 0. The number of carbonyl (C=O) groups is 1. The molecule has 0 aromatic heterocycles. The van der Waals surface area contributed by atoms with Crippen LogP contribution in [0.25, 0.3) is 0 Å². The number of amides is 1. The van der Waals surface area contributed by atoms with Crippen LogP contribution in [0.2, 0.25) is 0 Å². The summed E-state index contributed by atoms with van der Waals surface area (Å²) in [5, 5.41) is 0.753. The minimum atomic E-state index is -5.72. The lowest BCUT2D eigenvalue weighted by Crippen LogP contribution is -2.55. The molecule has 1 rings (SSSR count). The Balaban J connectivity index is 2.71. The number of nitrogen functional groups attached to an aromatic ring is 1. The second-order valence-electron chi connectivity index (χ2n) is 4.05. The van der Waals surface area contributed by atoms with Crippen molar-refractivity contribution >= 4 is 11.6 Å². The molecule has 0 saturated carbocycles. The number of anilines is 1. The Morgan fingerprint density at radius 2 is 1.73 bits per heavy atom. The second-order valence-corrected chi connectivity index (χ2v) is 4.05. The third kappa shape index (κ3) is 4.97. The van der Waals surface area contributed by atoms with Crippen molar-refractivity contribution in [3.63, 3.8) is 0 Å². The molecule has 0 spiro atoms. The maximum atomic E-state index is 12.9. The van der Waals surface area contributed by atoms with Gasteiger partial charge in [0.15, 0.2) is 6.61 Å². The predicted molar refractivity (Wildman–Crippen MR) is 60.3 cm³/mol. The number of carbonyl (C=O) groups excluding carboxylic acids is 1. The van der Waals surface area contributed by atoms with Crippen molar-refractivity contribution in [2.75, 3.05) is 12.3 Å². The minimum absolute atomic E-state index is 0.141. The fourth-order valence-corrected chi connectivity index (χ4v) is 1.33. The van der Waals surface area contributed by atoms with E-state index in [0.717, 1.165) is 23.5 Å². The third-order valence-corrected chi connectivity index (χ3v) is 2.29. The van der Waals surface area contributed by atoms with Crippen molar-refractivity contribution in [3.8, 4) is 5.75 Å². The minimum Gasteiger partial charge on any atom is -0.482 e. The van der Waals surface area contributed by atoms with Crippen LogP contribution < -0.4 is 15.8 Å². The van der Waals surface area contributed by atoms with Crippen LogP contribution in [0.3, 0.4) is 0 Å². The van der Waals surface area contributed by atoms with Gasteiger partial charge in [0.2, 0.25) is 6.04 Å². The van der Waals surface area contributed by atoms with Gasteiger partial charge in [-0.2, -0.15) is 26.3 Å². The van der Waals surface area contributed by atoms with Gasteiger partial charge >= 0.3 is 12.4 Å². The number of benzene rings is 1. The first-order valence-corrected chi connectivity index (χ1v) is 5.52. The quantitative estimate of drug-likeness (QED) is 0.656. The largest absolute Gasteiger partial charge is 0.482 e. The fourth-order valence-electron chi connectivity index (χ4n) is 1.33. The average Bonchev–Trinajstić information content (AvgIpc) is 2.34. The van der Waals surface area contributed by atoms with Gasteiger partial charge in [0.05, 0.1) is 5.69 Å². The molecular weight excluding hydrogens is 325 g/mol. The molecule has 1 aromatic carbocycles. The molecule has 0 aliphatic heterocycles. The number of alkyl halides is 6. The van der Waals surface area contributed by atoms with Crippen LogP contribution in [-0.2, 0) is 4.79 Å². The van der Waals surface area contributed by atoms with Crippen LogP contribution in [0.4, 0.5) is 36.4 Å². The fraction of sp³-hybridized carbons (Fsp3) is 0.364. The lowest BCUT2D eigenvalue weighted by atomic mass is 10.2. The highest BCUT2D eigenvalue weighted by molar-refractivity contribution is 5.78. The lowest BCUT2D eigenvalue weighted by Gasteiger charge is -2.23. The topological polar surface area (TPSA) is 64.3 Å². The Morgan fingerprint density at radius 1 is 1.18 bits per heavy atom. The summed E-state index contributed by atoms with van der Waals surface area (Å²) in [7, 11) is 0. The standard InChI is InChI=1S/C11H9F7N2O2/c12-5-1-2-6(19)7(3-5)22-4-8(21)20-9(10(13,14)15)11(16,17)18/h1-3,9H,4,19H2,(H,20,21). The lowest BCUT2D eigenvalue weighted by molar-refractivity contribution is -0.257. The molecule has 4 nitrogen and oxygen atoms in total. The van der Waals surface area contributed by atoms with Crippen molar-refractivity contribution < 1.29 is 40.3 Å². The zero-order valence-corrected chi connectivity index (χ0v) is 10.6. The van der Waals surface area contributed by atoms with E-state index >= 15 is 0 Å². The highest BCUT2D eigenvalue weighted by Gasteiger charge is 2.57. The van der Waals surface area contributed by atoms with Crippen molar-refractivity contribution in [2.24, 2.45) is 0 Å². The second kappa shape index (κ2) is 6.28. The van der Waals surface area contributed by atoms with Crippen LogP contribution in [-0.4, -0.2) is 30.9 Å². The summed E-state index contributed by atoms with van der Waals surface area (Å²) in [6, 6.07) is -1.29. The van der Waals surface area contributed by atoms with E-state index in [0.29, 0.717) is 0 Å². The van der Waals surface area contributed by atoms with Crippen molar-refractivity contribution in [3.05, 3.63) is 24.0 Å². The molecule has 0 aliphatic rings. The summed E-state index contributed by atoms with van der Waals surface area (Å²) in [6.07, 6.45) is -11.4. The summed E-state index contributed by atoms with van der Waals surface area (Å²) in [5.41, 5.74) is 5.19. The molecule has 0 atom stereocenters. The Hall–Kier alpha value is -2.20. The zero-order valence-electron chi connectivity index (χ0n) is 10.6. The van der Waals surface area contributed by atoms with E-state index in [4.69, 9.17) is 5.73 Å². The van der Waals surface area contributed by atoms with Crippen LogP contribution in [0.5, 0.6) is 5.75 Å². The zero-order chi connectivity index (χ0) is 17.1. The number of hydrogen-bond donors (Lipinski definition) is 2. The maximum Gasteiger partial charge on any atom is 0.417 e. The van der Waals surface area contributed by atoms with Gasteiger partial charge in [0, 0.05) is 6.07 Å². The van der Waals surface area contributed by atoms with Crippen LogP contribution in [0, 0.1) is 5.82 Å². The molecule has 0 saturated heterocycles. The van der Waals surface area contributed by atoms with E-state index in [1.807, 2.05) is 0 Å². The molecule has 22 heavy (non-hydrogen) atoms. The Bertz CT molecular complexity index is 528. The maximum absolute atomic E-state index is 12.9. The Morgan fingerprint density at radius 3 is 2.23 bits per heavy atom. The van der Waals surface area contributed by atoms with Crippen molar-refractivity contribution in [1.29, 1.82) is 0 Å². The Labute approximate surface area is 119 Å². The van der Waals surface area contributed by atoms with Crippen LogP contribution in [0.1, 0.15) is 0 Å². The molecule has 0 bridgehead atoms. The highest BCUT2D eigenvalue weighted by Crippen LogP contribution is 2.33. The molecule has 0 radical (unpaired) electrons. The van der Waals surface area contributed by atoms with Gasteiger partial charge in [0.1, 0.15) is 11.6 Å². The molecule has 0 aliphatic carbocycles. The number of hydrogen-bond acceptors (Lipinski definition) is 3. The first kappa shape index (κ1) is 17.9. The number of nitrogens with one attached hydrogen (secondary N) is 1. The molecule has 3 N–H and O–H groups in total. The predicted octanol–water partition coefficient (Wildman–Crippen LogP) is 2.40. The van der Waals surface area contributed by atoms with Gasteiger partial charge in [-0.3, -0.25) is 4.79 Å². The first-order chi connectivity index (χ1) is 9.91. The molecule has 11 heteroatoms. The van der Waals surface area contributed by atoms with Gasteiger partial charge < -0.3 is 15.8 Å². The van der Waals surface area contributed by atoms with E-state index in [2.05, 4.69) is 4.74 Å². The summed E-state index contributed by atoms with van der Waals surface area (Å²) < 4.78 is 90.7. The van der Waals surface area contributed by atoms with E-state index in [1.54, 1.807) is 0 Å². The average molecular weight is 334 g/mol. The highest BCUT2D eigenvalue weighted by atomic mass is 19.4.